The molecule has 0 unspecified atom stereocenters. The lowest BCUT2D eigenvalue weighted by Gasteiger charge is -2.71. The maximum Gasteiger partial charge on any atom is 0.312 e. The summed E-state index contributed by atoms with van der Waals surface area (Å²) in [5.41, 5.74) is 1.11. The Morgan fingerprint density at radius 1 is 0.952 bits per heavy atom. The van der Waals surface area contributed by atoms with Crippen LogP contribution in [0.25, 0.3) is 0 Å². The molecule has 6 heteroatoms. The summed E-state index contributed by atoms with van der Waals surface area (Å²) in [6, 6.07) is 0. The van der Waals surface area contributed by atoms with Crippen LogP contribution < -0.4 is 0 Å². The fourth-order valence-electron chi connectivity index (χ4n) is 12.0. The highest BCUT2D eigenvalue weighted by molar-refractivity contribution is 5.78. The van der Waals surface area contributed by atoms with Crippen LogP contribution in [0.15, 0.2) is 11.6 Å². The van der Waals surface area contributed by atoms with E-state index in [1.807, 2.05) is 0 Å². The molecule has 6 rings (SSSR count). The Kier molecular flexibility index (Phi) is 7.61. The first-order chi connectivity index (χ1) is 19.6. The van der Waals surface area contributed by atoms with Gasteiger partial charge in [0.15, 0.2) is 0 Å². The zero-order valence-electron chi connectivity index (χ0n) is 27.6. The molecule has 6 aliphatic rings. The molecule has 238 valence electrons. The highest BCUT2D eigenvalue weighted by atomic mass is 16.5. The van der Waals surface area contributed by atoms with Gasteiger partial charge in [0.2, 0.25) is 0 Å². The number of hydrogen-bond donors (Lipinski definition) is 2. The van der Waals surface area contributed by atoms with E-state index in [0.29, 0.717) is 24.9 Å². The SMILES string of the molecule is CC1(C)CC[C@]2(C(=O)OCCN3CCOCC3)CC[C@]3(C)C(=CC[C@@H]4[C@@]5(C)C[C@@H](O)[C@H](O)C(C)(C)[C@@H]5CC[C@]43C)[C@@H]2C1. The lowest BCUT2D eigenvalue weighted by atomic mass is 9.33. The monoisotopic (exact) mass is 585 g/mol. The van der Waals surface area contributed by atoms with E-state index in [0.717, 1.165) is 84.2 Å². The summed E-state index contributed by atoms with van der Waals surface area (Å²) in [6.45, 7) is 21.3. The molecule has 0 bridgehead atoms. The molecule has 6 nitrogen and oxygen atoms in total. The highest BCUT2D eigenvalue weighted by Gasteiger charge is 2.70. The summed E-state index contributed by atoms with van der Waals surface area (Å²) >= 11 is 0. The van der Waals surface area contributed by atoms with E-state index in [1.54, 1.807) is 5.57 Å². The molecular formula is C36H59NO5. The second-order valence-electron chi connectivity index (χ2n) is 17.5. The van der Waals surface area contributed by atoms with Crippen LogP contribution in [0.5, 0.6) is 0 Å². The number of aliphatic hydroxyl groups excluding tert-OH is 2. The number of morpholine rings is 1. The third-order valence-electron chi connectivity index (χ3n) is 14.7. The molecule has 0 aromatic carbocycles. The van der Waals surface area contributed by atoms with Crippen LogP contribution in [0, 0.1) is 50.2 Å². The van der Waals surface area contributed by atoms with Crippen LogP contribution in [0.2, 0.25) is 0 Å². The fraction of sp³-hybridized carbons (Fsp3) is 0.917. The summed E-state index contributed by atoms with van der Waals surface area (Å²) < 4.78 is 11.7. The van der Waals surface area contributed by atoms with Crippen molar-refractivity contribution in [3.63, 3.8) is 0 Å². The number of nitrogens with zero attached hydrogens (tertiary/aromatic N) is 1. The van der Waals surface area contributed by atoms with Crippen molar-refractivity contribution in [1.29, 1.82) is 0 Å². The molecule has 5 aliphatic carbocycles. The smallest absolute Gasteiger partial charge is 0.312 e. The van der Waals surface area contributed by atoms with Gasteiger partial charge in [-0.25, -0.2) is 0 Å². The number of allylic oxidation sites excluding steroid dienone is 2. The van der Waals surface area contributed by atoms with Crippen LogP contribution in [-0.4, -0.2) is 72.7 Å². The molecule has 1 aliphatic heterocycles. The minimum Gasteiger partial charge on any atom is -0.464 e. The quantitative estimate of drug-likeness (QED) is 0.312. The van der Waals surface area contributed by atoms with Gasteiger partial charge < -0.3 is 19.7 Å². The van der Waals surface area contributed by atoms with Crippen LogP contribution in [0.1, 0.15) is 106 Å². The van der Waals surface area contributed by atoms with E-state index in [2.05, 4.69) is 59.4 Å². The molecule has 9 atom stereocenters. The van der Waals surface area contributed by atoms with Crippen molar-refractivity contribution in [2.24, 2.45) is 50.2 Å². The van der Waals surface area contributed by atoms with Gasteiger partial charge >= 0.3 is 5.97 Å². The molecule has 0 spiro atoms. The minimum absolute atomic E-state index is 0.0186. The van der Waals surface area contributed by atoms with Crippen molar-refractivity contribution in [2.75, 3.05) is 39.5 Å². The van der Waals surface area contributed by atoms with E-state index in [4.69, 9.17) is 9.47 Å². The third-order valence-corrected chi connectivity index (χ3v) is 14.7. The zero-order chi connectivity index (χ0) is 30.3. The van der Waals surface area contributed by atoms with Gasteiger partial charge in [0, 0.05) is 19.6 Å². The maximum absolute atomic E-state index is 14.2. The van der Waals surface area contributed by atoms with Gasteiger partial charge in [-0.2, -0.15) is 0 Å². The molecule has 4 saturated carbocycles. The van der Waals surface area contributed by atoms with E-state index < -0.39 is 17.6 Å². The van der Waals surface area contributed by atoms with Crippen LogP contribution in [-0.2, 0) is 14.3 Å². The largest absolute Gasteiger partial charge is 0.464 e. The number of aliphatic hydroxyl groups is 2. The molecule has 5 fully saturated rings. The van der Waals surface area contributed by atoms with Gasteiger partial charge in [-0.05, 0) is 103 Å². The van der Waals surface area contributed by atoms with Gasteiger partial charge in [0.1, 0.15) is 6.61 Å². The lowest BCUT2D eigenvalue weighted by Crippen LogP contribution is -2.67. The molecule has 1 saturated heterocycles. The molecule has 0 aromatic rings. The Morgan fingerprint density at radius 2 is 1.64 bits per heavy atom. The van der Waals surface area contributed by atoms with Crippen LogP contribution in [0.4, 0.5) is 0 Å². The molecule has 0 amide bonds. The standard InChI is InChI=1S/C36H59NO5/c1-31(2)12-14-36(30(40)42-21-18-37-16-19-41-20-17-37)15-13-34(6)24(25(36)22-31)8-9-28-33(5)23-26(38)29(39)32(3,4)27(33)10-11-35(28,34)7/h8,25-29,38-39H,9-23H2,1-7H3/t25-,26+,27-,28+,29-,33-,34+,35+,36-/m0/s1. The molecule has 2 N–H and O–H groups in total. The van der Waals surface area contributed by atoms with Crippen LogP contribution in [0.3, 0.4) is 0 Å². The second kappa shape index (κ2) is 10.3. The number of rotatable bonds is 4. The summed E-state index contributed by atoms with van der Waals surface area (Å²) in [5.74, 6) is 1.11. The Hall–Kier alpha value is -0.950. The van der Waals surface area contributed by atoms with Crippen molar-refractivity contribution in [3.8, 4) is 0 Å². The predicted molar refractivity (Wildman–Crippen MR) is 165 cm³/mol. The topological polar surface area (TPSA) is 79.2 Å². The highest BCUT2D eigenvalue weighted by Crippen LogP contribution is 2.75. The third kappa shape index (κ3) is 4.42. The van der Waals surface area contributed by atoms with Crippen molar-refractivity contribution in [3.05, 3.63) is 11.6 Å². The van der Waals surface area contributed by atoms with E-state index in [-0.39, 0.29) is 39.0 Å². The summed E-state index contributed by atoms with van der Waals surface area (Å²) in [5, 5.41) is 22.2. The number of hydrogen-bond acceptors (Lipinski definition) is 6. The second-order valence-corrected chi connectivity index (χ2v) is 17.5. The summed E-state index contributed by atoms with van der Waals surface area (Å²) in [4.78, 5) is 16.5. The Morgan fingerprint density at radius 3 is 2.36 bits per heavy atom. The van der Waals surface area contributed by atoms with E-state index in [9.17, 15) is 15.0 Å². The Labute approximate surface area is 255 Å². The first-order valence-corrected chi connectivity index (χ1v) is 17.1. The van der Waals surface area contributed by atoms with Gasteiger partial charge in [-0.1, -0.05) is 60.1 Å². The average Bonchev–Trinajstić information content (AvgIpc) is 2.92. The summed E-state index contributed by atoms with van der Waals surface area (Å²) in [7, 11) is 0. The maximum atomic E-state index is 14.2. The van der Waals surface area contributed by atoms with Gasteiger partial charge in [-0.15, -0.1) is 0 Å². The lowest BCUT2D eigenvalue weighted by molar-refractivity contribution is -0.232. The normalized spacial score (nSPS) is 48.1. The van der Waals surface area contributed by atoms with Gasteiger partial charge in [-0.3, -0.25) is 9.69 Å². The van der Waals surface area contributed by atoms with Crippen LogP contribution >= 0.6 is 0 Å². The first-order valence-electron chi connectivity index (χ1n) is 17.1. The van der Waals surface area contributed by atoms with E-state index >= 15 is 0 Å². The fourth-order valence-corrected chi connectivity index (χ4v) is 12.0. The predicted octanol–water partition coefficient (Wildman–Crippen LogP) is 6.00. The Bertz CT molecular complexity index is 1090. The number of fused-ring (bicyclic) bond motifs is 7. The molecule has 1 heterocycles. The number of ether oxygens (including phenoxy) is 2. The Balaban J connectivity index is 1.31. The van der Waals surface area contributed by atoms with Crippen molar-refractivity contribution >= 4 is 5.97 Å². The molecule has 0 aromatic heterocycles. The van der Waals surface area contributed by atoms with Gasteiger partial charge in [0.05, 0.1) is 30.8 Å². The van der Waals surface area contributed by atoms with Crippen molar-refractivity contribution in [2.45, 2.75) is 118 Å². The minimum atomic E-state index is -0.674. The number of carbonyl (C=O) groups excluding carboxylic acids is 1. The number of carbonyl (C=O) groups is 1. The first kappa shape index (κ1) is 31.0. The molecular weight excluding hydrogens is 526 g/mol. The van der Waals surface area contributed by atoms with Crippen molar-refractivity contribution < 1.29 is 24.5 Å². The van der Waals surface area contributed by atoms with E-state index in [1.165, 1.54) is 0 Å². The zero-order valence-corrected chi connectivity index (χ0v) is 27.6. The average molecular weight is 586 g/mol. The number of esters is 1. The van der Waals surface area contributed by atoms with Crippen molar-refractivity contribution in [1.82, 2.24) is 4.90 Å². The molecule has 0 radical (unpaired) electrons. The summed E-state index contributed by atoms with van der Waals surface area (Å²) in [6.07, 6.45) is 10.1. The molecule has 42 heavy (non-hydrogen) atoms. The van der Waals surface area contributed by atoms with Gasteiger partial charge in [0.25, 0.3) is 0 Å².